The molecular formula is C10H14N2S. The minimum absolute atomic E-state index is 0.434. The molecule has 0 aliphatic carbocycles. The van der Waals surface area contributed by atoms with E-state index in [-0.39, 0.29) is 0 Å². The minimum Gasteiger partial charge on any atom is -0.376 e. The van der Waals surface area contributed by atoms with Crippen molar-refractivity contribution in [3.8, 4) is 0 Å². The molecule has 13 heavy (non-hydrogen) atoms. The summed E-state index contributed by atoms with van der Waals surface area (Å²) in [6.45, 7) is 2.87. The highest BCUT2D eigenvalue weighted by molar-refractivity contribution is 7.80. The maximum absolute atomic E-state index is 5.49. The molecule has 70 valence electrons. The van der Waals surface area contributed by atoms with Crippen LogP contribution in [0.15, 0.2) is 24.3 Å². The van der Waals surface area contributed by atoms with Gasteiger partial charge < -0.3 is 10.6 Å². The highest BCUT2D eigenvalue weighted by Crippen LogP contribution is 2.08. The van der Waals surface area contributed by atoms with E-state index in [0.717, 1.165) is 6.54 Å². The second-order valence-electron chi connectivity index (χ2n) is 3.12. The van der Waals surface area contributed by atoms with E-state index in [4.69, 9.17) is 18.0 Å². The first kappa shape index (κ1) is 9.99. The lowest BCUT2D eigenvalue weighted by molar-refractivity contribution is 0.503. The van der Waals surface area contributed by atoms with Gasteiger partial charge in [-0.05, 0) is 30.3 Å². The number of nitrogens with zero attached hydrogens (tertiary/aromatic N) is 1. The predicted molar refractivity (Wildman–Crippen MR) is 59.4 cm³/mol. The Balaban J connectivity index is 2.74. The quantitative estimate of drug-likeness (QED) is 0.726. The Hall–Kier alpha value is -1.09. The Kier molecular flexibility index (Phi) is 3.25. The number of rotatable bonds is 2. The molecule has 0 spiro atoms. The molecule has 2 N–H and O–H groups in total. The van der Waals surface area contributed by atoms with Crippen LogP contribution in [0.3, 0.4) is 0 Å². The third kappa shape index (κ3) is 2.70. The molecule has 1 aromatic rings. The first-order valence-electron chi connectivity index (χ1n) is 4.16. The van der Waals surface area contributed by atoms with Crippen molar-refractivity contribution in [3.05, 3.63) is 35.4 Å². The largest absolute Gasteiger partial charge is 0.376 e. The van der Waals surface area contributed by atoms with Crippen molar-refractivity contribution in [2.24, 2.45) is 5.73 Å². The molecule has 0 bridgehead atoms. The second-order valence-corrected chi connectivity index (χ2v) is 3.54. The molecule has 0 aliphatic rings. The molecule has 0 unspecified atom stereocenters. The lowest BCUT2D eigenvalue weighted by Gasteiger charge is -2.17. The number of thiocarbonyl (C=S) groups is 1. The average Bonchev–Trinajstić information content (AvgIpc) is 2.08. The fourth-order valence-corrected chi connectivity index (χ4v) is 1.19. The highest BCUT2D eigenvalue weighted by Gasteiger charge is 2.02. The van der Waals surface area contributed by atoms with Crippen LogP contribution in [0, 0.1) is 6.92 Å². The van der Waals surface area contributed by atoms with Crippen molar-refractivity contribution in [3.63, 3.8) is 0 Å². The number of aryl methyl sites for hydroxylation is 1. The molecule has 0 saturated heterocycles. The van der Waals surface area contributed by atoms with Crippen LogP contribution >= 0.6 is 12.2 Å². The minimum atomic E-state index is 0.434. The van der Waals surface area contributed by atoms with Crippen LogP contribution in [0.1, 0.15) is 11.1 Å². The van der Waals surface area contributed by atoms with Crippen LogP contribution in [0.25, 0.3) is 0 Å². The zero-order chi connectivity index (χ0) is 9.84. The van der Waals surface area contributed by atoms with Crippen molar-refractivity contribution < 1.29 is 0 Å². The van der Waals surface area contributed by atoms with Crippen LogP contribution in [-0.2, 0) is 6.54 Å². The molecular weight excluding hydrogens is 180 g/mol. The summed E-state index contributed by atoms with van der Waals surface area (Å²) >= 11 is 4.86. The molecule has 3 heteroatoms. The van der Waals surface area contributed by atoms with Gasteiger partial charge in [0.15, 0.2) is 5.11 Å². The van der Waals surface area contributed by atoms with Crippen molar-refractivity contribution in [2.45, 2.75) is 13.5 Å². The number of nitrogens with two attached hydrogens (primary N) is 1. The van der Waals surface area contributed by atoms with Gasteiger partial charge in [-0.3, -0.25) is 0 Å². The summed E-state index contributed by atoms with van der Waals surface area (Å²) in [5.74, 6) is 0. The first-order valence-corrected chi connectivity index (χ1v) is 4.57. The van der Waals surface area contributed by atoms with Gasteiger partial charge in [0, 0.05) is 13.6 Å². The zero-order valence-electron chi connectivity index (χ0n) is 7.95. The van der Waals surface area contributed by atoms with Crippen LogP contribution < -0.4 is 5.73 Å². The van der Waals surface area contributed by atoms with Gasteiger partial charge in [0.2, 0.25) is 0 Å². The first-order chi connectivity index (χ1) is 6.11. The molecule has 1 aromatic carbocycles. The third-order valence-electron chi connectivity index (χ3n) is 2.04. The summed E-state index contributed by atoms with van der Waals surface area (Å²) in [4.78, 5) is 1.86. The fourth-order valence-electron chi connectivity index (χ4n) is 1.12. The Labute approximate surface area is 84.3 Å². The lowest BCUT2D eigenvalue weighted by atomic mass is 10.1. The summed E-state index contributed by atoms with van der Waals surface area (Å²) < 4.78 is 0. The van der Waals surface area contributed by atoms with Gasteiger partial charge >= 0.3 is 0 Å². The Morgan fingerprint density at radius 1 is 1.46 bits per heavy atom. The molecule has 0 fully saturated rings. The SMILES string of the molecule is Cc1ccccc1CN(C)C(N)=S. The average molecular weight is 194 g/mol. The van der Waals surface area contributed by atoms with Crippen LogP contribution in [-0.4, -0.2) is 17.1 Å². The van der Waals surface area contributed by atoms with E-state index in [9.17, 15) is 0 Å². The molecule has 0 aliphatic heterocycles. The summed E-state index contributed by atoms with van der Waals surface area (Å²) in [6.07, 6.45) is 0. The van der Waals surface area contributed by atoms with E-state index >= 15 is 0 Å². The van der Waals surface area contributed by atoms with Crippen LogP contribution in [0.5, 0.6) is 0 Å². The van der Waals surface area contributed by atoms with Crippen LogP contribution in [0.2, 0.25) is 0 Å². The van der Waals surface area contributed by atoms with Gasteiger partial charge in [-0.1, -0.05) is 24.3 Å². The van der Waals surface area contributed by atoms with Gasteiger partial charge in [-0.2, -0.15) is 0 Å². The van der Waals surface area contributed by atoms with Gasteiger partial charge in [0.1, 0.15) is 0 Å². The molecule has 0 atom stereocenters. The molecule has 0 saturated carbocycles. The van der Waals surface area contributed by atoms with Crippen LogP contribution in [0.4, 0.5) is 0 Å². The molecule has 0 aromatic heterocycles. The summed E-state index contributed by atoms with van der Waals surface area (Å²) in [6, 6.07) is 8.22. The Morgan fingerprint density at radius 2 is 2.08 bits per heavy atom. The Morgan fingerprint density at radius 3 is 2.62 bits per heavy atom. The molecule has 0 heterocycles. The van der Waals surface area contributed by atoms with Crippen molar-refractivity contribution in [2.75, 3.05) is 7.05 Å². The predicted octanol–water partition coefficient (Wildman–Crippen LogP) is 1.67. The second kappa shape index (κ2) is 4.23. The Bertz CT molecular complexity index is 310. The third-order valence-corrected chi connectivity index (χ3v) is 2.36. The lowest BCUT2D eigenvalue weighted by Crippen LogP contribution is -2.31. The summed E-state index contributed by atoms with van der Waals surface area (Å²) in [5.41, 5.74) is 8.02. The van der Waals surface area contributed by atoms with Gasteiger partial charge in [-0.25, -0.2) is 0 Å². The normalized spacial score (nSPS) is 9.69. The van der Waals surface area contributed by atoms with Gasteiger partial charge in [0.25, 0.3) is 0 Å². The topological polar surface area (TPSA) is 29.3 Å². The fraction of sp³-hybridized carbons (Fsp3) is 0.300. The van der Waals surface area contributed by atoms with E-state index in [1.54, 1.807) is 0 Å². The van der Waals surface area contributed by atoms with E-state index in [2.05, 4.69) is 19.1 Å². The molecule has 1 rings (SSSR count). The smallest absolute Gasteiger partial charge is 0.166 e. The molecule has 0 radical (unpaired) electrons. The van der Waals surface area contributed by atoms with E-state index in [0.29, 0.717) is 5.11 Å². The standard InChI is InChI=1S/C10H14N2S/c1-8-5-3-4-6-9(8)7-12(2)10(11)13/h3-6H,7H2,1-2H3,(H2,11,13). The number of benzene rings is 1. The van der Waals surface area contributed by atoms with E-state index in [1.165, 1.54) is 11.1 Å². The van der Waals surface area contributed by atoms with Crippen molar-refractivity contribution >= 4 is 17.3 Å². The maximum Gasteiger partial charge on any atom is 0.166 e. The van der Waals surface area contributed by atoms with E-state index < -0.39 is 0 Å². The maximum atomic E-state index is 5.49. The number of hydrogen-bond acceptors (Lipinski definition) is 1. The molecule has 0 amide bonds. The van der Waals surface area contributed by atoms with Crippen molar-refractivity contribution in [1.82, 2.24) is 4.90 Å². The monoisotopic (exact) mass is 194 g/mol. The van der Waals surface area contributed by atoms with E-state index in [1.807, 2.05) is 24.1 Å². The van der Waals surface area contributed by atoms with Gasteiger partial charge in [0.05, 0.1) is 0 Å². The van der Waals surface area contributed by atoms with Gasteiger partial charge in [-0.15, -0.1) is 0 Å². The highest BCUT2D eigenvalue weighted by atomic mass is 32.1. The van der Waals surface area contributed by atoms with Crippen molar-refractivity contribution in [1.29, 1.82) is 0 Å². The summed E-state index contributed by atoms with van der Waals surface area (Å²) in [5, 5.41) is 0.434. The molecule has 2 nitrogen and oxygen atoms in total. The summed E-state index contributed by atoms with van der Waals surface area (Å²) in [7, 11) is 1.90. The zero-order valence-corrected chi connectivity index (χ0v) is 8.77. The number of hydrogen-bond donors (Lipinski definition) is 1.